The average molecular weight is 291 g/mol. The predicted octanol–water partition coefficient (Wildman–Crippen LogP) is 4.22. The van der Waals surface area contributed by atoms with Crippen molar-refractivity contribution in [2.24, 2.45) is 0 Å². The van der Waals surface area contributed by atoms with Gasteiger partial charge in [0.25, 0.3) is 0 Å². The molecule has 0 saturated carbocycles. The van der Waals surface area contributed by atoms with Crippen LogP contribution in [0.4, 0.5) is 0 Å². The maximum absolute atomic E-state index is 10.4. The van der Waals surface area contributed by atoms with Gasteiger partial charge in [-0.25, -0.2) is 0 Å². The SMILES string of the molecule is C[C@@H](NC[C@@H](O)c1ccc2ccccc2c1)c1ccccc1. The minimum atomic E-state index is -0.504. The first-order valence-electron chi connectivity index (χ1n) is 7.69. The highest BCUT2D eigenvalue weighted by atomic mass is 16.3. The Morgan fingerprint density at radius 1 is 0.818 bits per heavy atom. The third-order valence-electron chi connectivity index (χ3n) is 4.08. The summed E-state index contributed by atoms with van der Waals surface area (Å²) in [7, 11) is 0. The van der Waals surface area contributed by atoms with Crippen molar-refractivity contribution >= 4 is 10.8 Å². The van der Waals surface area contributed by atoms with Gasteiger partial charge in [-0.15, -0.1) is 0 Å². The Bertz CT molecular complexity index is 739. The van der Waals surface area contributed by atoms with Crippen LogP contribution in [0.2, 0.25) is 0 Å². The van der Waals surface area contributed by atoms with E-state index < -0.39 is 6.10 Å². The second kappa shape index (κ2) is 6.73. The van der Waals surface area contributed by atoms with Crippen molar-refractivity contribution in [3.05, 3.63) is 83.9 Å². The lowest BCUT2D eigenvalue weighted by atomic mass is 10.0. The maximum atomic E-state index is 10.4. The number of benzene rings is 3. The number of rotatable bonds is 5. The van der Waals surface area contributed by atoms with Gasteiger partial charge in [0, 0.05) is 12.6 Å². The van der Waals surface area contributed by atoms with Gasteiger partial charge in [0.2, 0.25) is 0 Å². The van der Waals surface area contributed by atoms with Crippen LogP contribution in [0.1, 0.15) is 30.2 Å². The number of aliphatic hydroxyl groups excluding tert-OH is 1. The highest BCUT2D eigenvalue weighted by Crippen LogP contribution is 2.21. The van der Waals surface area contributed by atoms with Crippen LogP contribution in [0.5, 0.6) is 0 Å². The third-order valence-corrected chi connectivity index (χ3v) is 4.08. The molecule has 0 aliphatic heterocycles. The Morgan fingerprint density at radius 2 is 1.50 bits per heavy atom. The zero-order valence-corrected chi connectivity index (χ0v) is 12.7. The average Bonchev–Trinajstić information content (AvgIpc) is 2.59. The molecule has 2 heteroatoms. The molecule has 0 spiro atoms. The Hall–Kier alpha value is -2.16. The summed E-state index contributed by atoms with van der Waals surface area (Å²) in [4.78, 5) is 0. The first kappa shape index (κ1) is 14.8. The van der Waals surface area contributed by atoms with Gasteiger partial charge in [-0.1, -0.05) is 66.7 Å². The van der Waals surface area contributed by atoms with E-state index in [1.165, 1.54) is 10.9 Å². The van der Waals surface area contributed by atoms with E-state index in [1.807, 2.05) is 36.4 Å². The number of nitrogens with one attached hydrogen (secondary N) is 1. The molecular weight excluding hydrogens is 270 g/mol. The molecule has 0 fully saturated rings. The fraction of sp³-hybridized carbons (Fsp3) is 0.200. The standard InChI is InChI=1S/C20H21NO/c1-15(16-7-3-2-4-8-16)21-14-20(22)19-12-11-17-9-5-6-10-18(17)13-19/h2-13,15,20-22H,14H2,1H3/t15-,20-/m1/s1. The molecule has 2 nitrogen and oxygen atoms in total. The van der Waals surface area contributed by atoms with Crippen molar-refractivity contribution in [3.8, 4) is 0 Å². The zero-order chi connectivity index (χ0) is 15.4. The van der Waals surface area contributed by atoms with E-state index in [1.54, 1.807) is 0 Å². The minimum Gasteiger partial charge on any atom is -0.387 e. The molecule has 0 bridgehead atoms. The number of fused-ring (bicyclic) bond motifs is 1. The monoisotopic (exact) mass is 291 g/mol. The van der Waals surface area contributed by atoms with Crippen molar-refractivity contribution in [2.75, 3.05) is 6.54 Å². The quantitative estimate of drug-likeness (QED) is 0.737. The molecule has 0 radical (unpaired) electrons. The molecule has 3 aromatic carbocycles. The highest BCUT2D eigenvalue weighted by molar-refractivity contribution is 5.83. The van der Waals surface area contributed by atoms with E-state index >= 15 is 0 Å². The first-order chi connectivity index (χ1) is 10.7. The van der Waals surface area contributed by atoms with Gasteiger partial charge in [0.1, 0.15) is 0 Å². The van der Waals surface area contributed by atoms with Crippen LogP contribution in [-0.4, -0.2) is 11.7 Å². The Balaban J connectivity index is 1.67. The summed E-state index contributed by atoms with van der Waals surface area (Å²) in [6, 6.07) is 24.8. The topological polar surface area (TPSA) is 32.3 Å². The fourth-order valence-corrected chi connectivity index (χ4v) is 2.68. The second-order valence-corrected chi connectivity index (χ2v) is 5.66. The van der Waals surface area contributed by atoms with Crippen molar-refractivity contribution in [1.29, 1.82) is 0 Å². The first-order valence-corrected chi connectivity index (χ1v) is 7.69. The lowest BCUT2D eigenvalue weighted by Crippen LogP contribution is -2.24. The van der Waals surface area contributed by atoms with Gasteiger partial charge in [0.05, 0.1) is 6.10 Å². The summed E-state index contributed by atoms with van der Waals surface area (Å²) in [5.74, 6) is 0. The highest BCUT2D eigenvalue weighted by Gasteiger charge is 2.11. The summed E-state index contributed by atoms with van der Waals surface area (Å²) in [5.41, 5.74) is 2.18. The van der Waals surface area contributed by atoms with Gasteiger partial charge in [-0.05, 0) is 34.9 Å². The Morgan fingerprint density at radius 3 is 2.27 bits per heavy atom. The van der Waals surface area contributed by atoms with Crippen LogP contribution in [0.25, 0.3) is 10.8 Å². The third kappa shape index (κ3) is 3.35. The number of hydrogen-bond acceptors (Lipinski definition) is 2. The van der Waals surface area contributed by atoms with Gasteiger partial charge >= 0.3 is 0 Å². The Kier molecular flexibility index (Phi) is 4.52. The van der Waals surface area contributed by atoms with Gasteiger partial charge < -0.3 is 10.4 Å². The summed E-state index contributed by atoms with van der Waals surface area (Å²) in [5, 5.41) is 16.2. The van der Waals surface area contributed by atoms with E-state index in [4.69, 9.17) is 0 Å². The van der Waals surface area contributed by atoms with Gasteiger partial charge in [0.15, 0.2) is 0 Å². The molecule has 3 rings (SSSR count). The second-order valence-electron chi connectivity index (χ2n) is 5.66. The molecule has 3 aromatic rings. The molecule has 0 aliphatic carbocycles. The lowest BCUT2D eigenvalue weighted by molar-refractivity contribution is 0.171. The van der Waals surface area contributed by atoms with Crippen LogP contribution in [-0.2, 0) is 0 Å². The van der Waals surface area contributed by atoms with E-state index in [9.17, 15) is 5.11 Å². The Labute approximate surface area is 131 Å². The fourth-order valence-electron chi connectivity index (χ4n) is 2.68. The van der Waals surface area contributed by atoms with Gasteiger partial charge in [-0.3, -0.25) is 0 Å². The summed E-state index contributed by atoms with van der Waals surface area (Å²) in [6.45, 7) is 2.65. The minimum absolute atomic E-state index is 0.219. The van der Waals surface area contributed by atoms with Crippen LogP contribution in [0, 0.1) is 0 Å². The summed E-state index contributed by atoms with van der Waals surface area (Å²) < 4.78 is 0. The molecule has 0 unspecified atom stereocenters. The molecule has 0 amide bonds. The van der Waals surface area contributed by atoms with Crippen LogP contribution in [0.3, 0.4) is 0 Å². The molecule has 0 aromatic heterocycles. The van der Waals surface area contributed by atoms with E-state index in [-0.39, 0.29) is 6.04 Å². The molecule has 0 heterocycles. The van der Waals surface area contributed by atoms with Crippen molar-refractivity contribution in [3.63, 3.8) is 0 Å². The van der Waals surface area contributed by atoms with Crippen molar-refractivity contribution in [2.45, 2.75) is 19.1 Å². The van der Waals surface area contributed by atoms with Crippen LogP contribution >= 0.6 is 0 Å². The summed E-state index contributed by atoms with van der Waals surface area (Å²) >= 11 is 0. The van der Waals surface area contributed by atoms with Crippen molar-refractivity contribution in [1.82, 2.24) is 5.32 Å². The predicted molar refractivity (Wildman–Crippen MR) is 91.8 cm³/mol. The van der Waals surface area contributed by atoms with Gasteiger partial charge in [-0.2, -0.15) is 0 Å². The van der Waals surface area contributed by atoms with Crippen LogP contribution < -0.4 is 5.32 Å². The maximum Gasteiger partial charge on any atom is 0.0914 e. The number of aliphatic hydroxyl groups is 1. The van der Waals surface area contributed by atoms with E-state index in [2.05, 4.69) is 48.6 Å². The molecule has 0 saturated heterocycles. The van der Waals surface area contributed by atoms with Crippen LogP contribution in [0.15, 0.2) is 72.8 Å². The molecule has 0 aliphatic rings. The normalized spacial score (nSPS) is 13.9. The summed E-state index contributed by atoms with van der Waals surface area (Å²) in [6.07, 6.45) is -0.504. The zero-order valence-electron chi connectivity index (χ0n) is 12.7. The smallest absolute Gasteiger partial charge is 0.0914 e. The molecule has 2 N–H and O–H groups in total. The van der Waals surface area contributed by atoms with E-state index in [0.717, 1.165) is 10.9 Å². The number of hydrogen-bond donors (Lipinski definition) is 2. The molecule has 2 atom stereocenters. The molecule has 22 heavy (non-hydrogen) atoms. The van der Waals surface area contributed by atoms with Crippen molar-refractivity contribution < 1.29 is 5.11 Å². The molecular formula is C20H21NO. The lowest BCUT2D eigenvalue weighted by Gasteiger charge is -2.18. The molecule has 112 valence electrons. The van der Waals surface area contributed by atoms with E-state index in [0.29, 0.717) is 6.54 Å². The largest absolute Gasteiger partial charge is 0.387 e.